The van der Waals surface area contributed by atoms with E-state index in [1.165, 1.54) is 0 Å². The lowest BCUT2D eigenvalue weighted by Gasteiger charge is -2.36. The highest BCUT2D eigenvalue weighted by Gasteiger charge is 2.40. The third kappa shape index (κ3) is 4.66. The number of benzene rings is 1. The molecule has 0 saturated carbocycles. The van der Waals surface area contributed by atoms with Crippen LogP contribution >= 0.6 is 23.4 Å². The highest BCUT2D eigenvalue weighted by Crippen LogP contribution is 2.45. The Morgan fingerprint density at radius 2 is 1.86 bits per heavy atom. The topological polar surface area (TPSA) is 43.9 Å². The van der Waals surface area contributed by atoms with E-state index in [1.807, 2.05) is 47.9 Å². The summed E-state index contributed by atoms with van der Waals surface area (Å²) in [5.41, 5.74) is 1.02. The molecule has 2 fully saturated rings. The predicted octanol–water partition coefficient (Wildman–Crippen LogP) is 3.49. The first kappa shape index (κ1) is 21.5. The summed E-state index contributed by atoms with van der Waals surface area (Å²) >= 11 is 8.14. The molecule has 2 aliphatic rings. The molecule has 28 heavy (non-hydrogen) atoms. The van der Waals surface area contributed by atoms with E-state index in [0.717, 1.165) is 49.7 Å². The number of rotatable bonds is 6. The minimum Gasteiger partial charge on any atom is -0.340 e. The monoisotopic (exact) mass is 423 g/mol. The zero-order chi connectivity index (χ0) is 20.3. The van der Waals surface area contributed by atoms with Crippen LogP contribution in [0.25, 0.3) is 0 Å². The van der Waals surface area contributed by atoms with Crippen LogP contribution in [0.2, 0.25) is 5.02 Å². The van der Waals surface area contributed by atoms with Crippen molar-refractivity contribution in [2.75, 3.05) is 39.3 Å². The number of halogens is 1. The molecule has 2 heterocycles. The SMILES string of the molecule is CC[C@H]1S[C@H](c2ccccc2Cl)N(CCN2CCN(C(=O)C(C)C)CC2)C1=O. The molecule has 0 aliphatic carbocycles. The minimum atomic E-state index is -0.0186. The third-order valence-electron chi connectivity index (χ3n) is 5.51. The average Bonchev–Trinajstić information content (AvgIpc) is 3.02. The number of thioether (sulfide) groups is 1. The Labute approximate surface area is 177 Å². The number of piperazine rings is 1. The lowest BCUT2D eigenvalue weighted by Crippen LogP contribution is -2.51. The third-order valence-corrected chi connectivity index (χ3v) is 7.49. The van der Waals surface area contributed by atoms with Gasteiger partial charge in [0.25, 0.3) is 0 Å². The van der Waals surface area contributed by atoms with Gasteiger partial charge in [-0.2, -0.15) is 0 Å². The fourth-order valence-corrected chi connectivity index (χ4v) is 5.58. The molecular weight excluding hydrogens is 394 g/mol. The van der Waals surface area contributed by atoms with Crippen LogP contribution in [0.5, 0.6) is 0 Å². The van der Waals surface area contributed by atoms with Crippen LogP contribution in [0, 0.1) is 5.92 Å². The Bertz CT molecular complexity index is 707. The van der Waals surface area contributed by atoms with Gasteiger partial charge >= 0.3 is 0 Å². The normalized spacial score (nSPS) is 23.7. The molecule has 5 nitrogen and oxygen atoms in total. The summed E-state index contributed by atoms with van der Waals surface area (Å²) in [5.74, 6) is 0.495. The predicted molar refractivity (Wildman–Crippen MR) is 115 cm³/mol. The van der Waals surface area contributed by atoms with Crippen molar-refractivity contribution in [3.63, 3.8) is 0 Å². The molecule has 7 heteroatoms. The van der Waals surface area contributed by atoms with Crippen LogP contribution in [0.4, 0.5) is 0 Å². The van der Waals surface area contributed by atoms with Gasteiger partial charge in [-0.25, -0.2) is 0 Å². The second kappa shape index (κ2) is 9.51. The van der Waals surface area contributed by atoms with Crippen molar-refractivity contribution < 1.29 is 9.59 Å². The van der Waals surface area contributed by atoms with Crippen LogP contribution in [0.15, 0.2) is 24.3 Å². The van der Waals surface area contributed by atoms with Gasteiger partial charge in [-0.3, -0.25) is 14.5 Å². The van der Waals surface area contributed by atoms with Crippen LogP contribution in [-0.4, -0.2) is 71.0 Å². The van der Waals surface area contributed by atoms with Crippen LogP contribution < -0.4 is 0 Å². The molecule has 1 aromatic rings. The van der Waals surface area contributed by atoms with Crippen molar-refractivity contribution in [3.05, 3.63) is 34.9 Å². The van der Waals surface area contributed by atoms with E-state index in [0.29, 0.717) is 6.54 Å². The zero-order valence-corrected chi connectivity index (χ0v) is 18.5. The Kier molecular flexibility index (Phi) is 7.29. The molecule has 154 valence electrons. The highest BCUT2D eigenvalue weighted by molar-refractivity contribution is 8.01. The molecule has 1 aromatic carbocycles. The Hall–Kier alpha value is -1.24. The van der Waals surface area contributed by atoms with Gasteiger partial charge in [-0.15, -0.1) is 11.8 Å². The lowest BCUT2D eigenvalue weighted by molar-refractivity contribution is -0.136. The summed E-state index contributed by atoms with van der Waals surface area (Å²) in [6.45, 7) is 10.7. The molecule has 0 bridgehead atoms. The van der Waals surface area contributed by atoms with Gasteiger partial charge < -0.3 is 9.80 Å². The van der Waals surface area contributed by atoms with Crippen molar-refractivity contribution in [1.82, 2.24) is 14.7 Å². The second-order valence-corrected chi connectivity index (χ2v) is 9.46. The summed E-state index contributed by atoms with van der Waals surface area (Å²) in [5, 5.41) is 0.701. The number of carbonyl (C=O) groups excluding carboxylic acids is 2. The maximum atomic E-state index is 12.9. The van der Waals surface area contributed by atoms with Gasteiger partial charge in [0.15, 0.2) is 0 Å². The average molecular weight is 424 g/mol. The molecule has 0 N–H and O–H groups in total. The molecule has 2 saturated heterocycles. The summed E-state index contributed by atoms with van der Waals surface area (Å²) in [6.07, 6.45) is 0.830. The first-order chi connectivity index (χ1) is 13.4. The van der Waals surface area contributed by atoms with Gasteiger partial charge in [0.2, 0.25) is 11.8 Å². The Morgan fingerprint density at radius 3 is 2.46 bits per heavy atom. The number of carbonyl (C=O) groups is 2. The largest absolute Gasteiger partial charge is 0.340 e. The number of nitrogens with zero attached hydrogens (tertiary/aromatic N) is 3. The van der Waals surface area contributed by atoms with Gasteiger partial charge in [0.05, 0.1) is 5.25 Å². The van der Waals surface area contributed by atoms with Crippen LogP contribution in [0.1, 0.15) is 38.1 Å². The van der Waals surface area contributed by atoms with Crippen molar-refractivity contribution >= 4 is 35.2 Å². The number of hydrogen-bond acceptors (Lipinski definition) is 4. The maximum absolute atomic E-state index is 12.9. The van der Waals surface area contributed by atoms with E-state index in [4.69, 9.17) is 11.6 Å². The molecule has 0 unspecified atom stereocenters. The number of hydrogen-bond donors (Lipinski definition) is 0. The van der Waals surface area contributed by atoms with E-state index >= 15 is 0 Å². The van der Waals surface area contributed by atoms with E-state index in [1.54, 1.807) is 11.8 Å². The molecule has 2 atom stereocenters. The van der Waals surface area contributed by atoms with Crippen LogP contribution in [0.3, 0.4) is 0 Å². The standard InChI is InChI=1S/C21H30ClN3O2S/c1-4-18-20(27)25(21(28-18)16-7-5-6-8-17(16)22)14-11-23-9-12-24(13-10-23)19(26)15(2)3/h5-8,15,18,21H,4,9-14H2,1-3H3/t18-,21-/m1/s1. The molecule has 2 aliphatic heterocycles. The van der Waals surface area contributed by atoms with E-state index < -0.39 is 0 Å². The first-order valence-electron chi connectivity index (χ1n) is 10.1. The van der Waals surface area contributed by atoms with E-state index in [9.17, 15) is 9.59 Å². The first-order valence-corrected chi connectivity index (χ1v) is 11.5. The van der Waals surface area contributed by atoms with Gasteiger partial charge in [-0.1, -0.05) is 50.6 Å². The minimum absolute atomic E-state index is 0.00165. The molecular formula is C21H30ClN3O2S. The van der Waals surface area contributed by atoms with Gasteiger partial charge in [0, 0.05) is 55.8 Å². The fourth-order valence-electron chi connectivity index (χ4n) is 3.81. The van der Waals surface area contributed by atoms with Gasteiger partial charge in [-0.05, 0) is 12.5 Å². The summed E-state index contributed by atoms with van der Waals surface area (Å²) in [7, 11) is 0. The van der Waals surface area contributed by atoms with Crippen molar-refractivity contribution in [1.29, 1.82) is 0 Å². The smallest absolute Gasteiger partial charge is 0.236 e. The molecule has 2 amide bonds. The maximum Gasteiger partial charge on any atom is 0.236 e. The quantitative estimate of drug-likeness (QED) is 0.702. The number of amides is 2. The van der Waals surface area contributed by atoms with Crippen molar-refractivity contribution in [2.24, 2.45) is 5.92 Å². The van der Waals surface area contributed by atoms with E-state index in [-0.39, 0.29) is 28.4 Å². The Morgan fingerprint density at radius 1 is 1.18 bits per heavy atom. The van der Waals surface area contributed by atoms with Gasteiger partial charge in [0.1, 0.15) is 5.37 Å². The second-order valence-electron chi connectivity index (χ2n) is 7.76. The lowest BCUT2D eigenvalue weighted by atomic mass is 10.1. The fraction of sp³-hybridized carbons (Fsp3) is 0.619. The summed E-state index contributed by atoms with van der Waals surface area (Å²) in [6, 6.07) is 7.82. The highest BCUT2D eigenvalue weighted by atomic mass is 35.5. The molecule has 0 radical (unpaired) electrons. The van der Waals surface area contributed by atoms with Crippen molar-refractivity contribution in [2.45, 2.75) is 37.8 Å². The molecule has 0 aromatic heterocycles. The summed E-state index contributed by atoms with van der Waals surface area (Å²) < 4.78 is 0. The molecule has 3 rings (SSSR count). The Balaban J connectivity index is 1.61. The van der Waals surface area contributed by atoms with E-state index in [2.05, 4.69) is 11.8 Å². The van der Waals surface area contributed by atoms with Crippen LogP contribution in [-0.2, 0) is 9.59 Å². The van der Waals surface area contributed by atoms with Crippen molar-refractivity contribution in [3.8, 4) is 0 Å². The molecule has 0 spiro atoms. The summed E-state index contributed by atoms with van der Waals surface area (Å²) in [4.78, 5) is 31.4. The zero-order valence-electron chi connectivity index (χ0n) is 16.9.